The highest BCUT2D eigenvalue weighted by Gasteiger charge is 2.33. The number of nitrogens with one attached hydrogen (secondary N) is 1. The lowest BCUT2D eigenvalue weighted by Gasteiger charge is -2.27. The summed E-state index contributed by atoms with van der Waals surface area (Å²) in [4.78, 5) is 25.8. The van der Waals surface area contributed by atoms with Gasteiger partial charge in [0.05, 0.1) is 12.1 Å². The van der Waals surface area contributed by atoms with Crippen LogP contribution in [0.15, 0.2) is 48.5 Å². The van der Waals surface area contributed by atoms with Gasteiger partial charge in [0, 0.05) is 19.2 Å². The first-order chi connectivity index (χ1) is 13.2. The zero-order chi connectivity index (χ0) is 20.3. The molecule has 2 amide bonds. The molecule has 2 aromatic rings. The number of fused-ring (bicyclic) bond motifs is 1. The van der Waals surface area contributed by atoms with Crippen molar-refractivity contribution in [3.8, 4) is 11.5 Å². The van der Waals surface area contributed by atoms with Gasteiger partial charge in [-0.2, -0.15) is 0 Å². The number of benzene rings is 2. The minimum atomic E-state index is -4.83. The van der Waals surface area contributed by atoms with E-state index in [2.05, 4.69) is 10.1 Å². The molecule has 1 unspecified atom stereocenters. The number of rotatable bonds is 5. The Morgan fingerprint density at radius 1 is 1.18 bits per heavy atom. The molecule has 1 N–H and O–H groups in total. The van der Waals surface area contributed by atoms with Gasteiger partial charge in [-0.1, -0.05) is 30.3 Å². The van der Waals surface area contributed by atoms with Crippen LogP contribution >= 0.6 is 0 Å². The van der Waals surface area contributed by atoms with Gasteiger partial charge in [-0.3, -0.25) is 9.59 Å². The molecule has 0 bridgehead atoms. The molecule has 1 aliphatic heterocycles. The Balaban J connectivity index is 1.65. The van der Waals surface area contributed by atoms with Gasteiger partial charge >= 0.3 is 6.36 Å². The van der Waals surface area contributed by atoms with Gasteiger partial charge in [0.2, 0.25) is 5.91 Å². The summed E-state index contributed by atoms with van der Waals surface area (Å²) in [5, 5.41) is 2.66. The van der Waals surface area contributed by atoms with E-state index in [0.717, 1.165) is 0 Å². The number of hydrogen-bond donors (Lipinski definition) is 1. The smallest absolute Gasteiger partial charge is 0.478 e. The normalized spacial score (nSPS) is 15.9. The molecule has 148 valence electrons. The zero-order valence-corrected chi connectivity index (χ0v) is 14.8. The summed E-state index contributed by atoms with van der Waals surface area (Å²) in [5.74, 6) is -0.843. The molecule has 0 saturated carbocycles. The van der Waals surface area contributed by atoms with Gasteiger partial charge in [0.25, 0.3) is 5.91 Å². The fourth-order valence-corrected chi connectivity index (χ4v) is 2.74. The van der Waals surface area contributed by atoms with Crippen molar-refractivity contribution >= 4 is 17.5 Å². The molecule has 2 aromatic carbocycles. The maximum absolute atomic E-state index is 12.5. The lowest BCUT2D eigenvalue weighted by molar-refractivity contribution is -0.275. The summed E-state index contributed by atoms with van der Waals surface area (Å²) in [6.07, 6.45) is -6.11. The van der Waals surface area contributed by atoms with E-state index in [4.69, 9.17) is 4.74 Å². The van der Waals surface area contributed by atoms with Crippen molar-refractivity contribution in [3.63, 3.8) is 0 Å². The molecule has 1 heterocycles. The van der Waals surface area contributed by atoms with Gasteiger partial charge in [0.15, 0.2) is 6.10 Å². The number of alkyl halides is 3. The number of hydrogen-bond acceptors (Lipinski definition) is 4. The van der Waals surface area contributed by atoms with E-state index in [0.29, 0.717) is 11.4 Å². The maximum atomic E-state index is 12.5. The molecule has 28 heavy (non-hydrogen) atoms. The highest BCUT2D eigenvalue weighted by molar-refractivity contribution is 5.99. The molecule has 1 atom stereocenters. The Kier molecular flexibility index (Phi) is 5.43. The Morgan fingerprint density at radius 2 is 1.86 bits per heavy atom. The minimum Gasteiger partial charge on any atom is -0.478 e. The van der Waals surface area contributed by atoms with Crippen LogP contribution in [-0.2, 0) is 16.1 Å². The lowest BCUT2D eigenvalue weighted by atomic mass is 10.1. The van der Waals surface area contributed by atoms with E-state index in [9.17, 15) is 22.8 Å². The van der Waals surface area contributed by atoms with E-state index in [1.807, 2.05) is 0 Å². The van der Waals surface area contributed by atoms with Gasteiger partial charge in [0.1, 0.15) is 11.5 Å². The van der Waals surface area contributed by atoms with Crippen LogP contribution in [-0.4, -0.2) is 36.2 Å². The molecule has 0 aromatic heterocycles. The maximum Gasteiger partial charge on any atom is 0.573 e. The zero-order valence-electron chi connectivity index (χ0n) is 14.8. The van der Waals surface area contributed by atoms with Crippen LogP contribution in [0.2, 0.25) is 0 Å². The SMILES string of the molecule is CN(Cc1ccccc1OC(F)(F)F)C(=O)CC1Oc2ccccc2NC1=O. The van der Waals surface area contributed by atoms with Crippen LogP contribution in [0, 0.1) is 0 Å². The second kappa shape index (κ2) is 7.79. The predicted octanol–water partition coefficient (Wildman–Crippen LogP) is 3.33. The largest absolute Gasteiger partial charge is 0.573 e. The van der Waals surface area contributed by atoms with Gasteiger partial charge in [-0.15, -0.1) is 13.2 Å². The fourth-order valence-electron chi connectivity index (χ4n) is 2.74. The molecule has 0 aliphatic carbocycles. The van der Waals surface area contributed by atoms with Crippen LogP contribution < -0.4 is 14.8 Å². The van der Waals surface area contributed by atoms with Crippen molar-refractivity contribution in [2.75, 3.05) is 12.4 Å². The third-order valence-electron chi connectivity index (χ3n) is 4.10. The number of carbonyl (C=O) groups excluding carboxylic acids is 2. The average molecular weight is 394 g/mol. The molecule has 0 saturated heterocycles. The summed E-state index contributed by atoms with van der Waals surface area (Å²) < 4.78 is 47.1. The number of halogens is 3. The van der Waals surface area contributed by atoms with E-state index in [-0.39, 0.29) is 24.3 Å². The first-order valence-electron chi connectivity index (χ1n) is 8.37. The third kappa shape index (κ3) is 4.73. The second-order valence-electron chi connectivity index (χ2n) is 6.20. The van der Waals surface area contributed by atoms with Crippen molar-refractivity contribution in [1.29, 1.82) is 0 Å². The molecular formula is C19H17F3N2O4. The van der Waals surface area contributed by atoms with Crippen molar-refractivity contribution in [2.24, 2.45) is 0 Å². The van der Waals surface area contributed by atoms with Gasteiger partial charge in [-0.05, 0) is 18.2 Å². The van der Waals surface area contributed by atoms with E-state index in [1.54, 1.807) is 30.3 Å². The average Bonchev–Trinajstić information content (AvgIpc) is 2.62. The molecule has 6 nitrogen and oxygen atoms in total. The Bertz CT molecular complexity index is 885. The predicted molar refractivity (Wildman–Crippen MR) is 93.7 cm³/mol. The monoisotopic (exact) mass is 394 g/mol. The molecule has 9 heteroatoms. The first-order valence-corrected chi connectivity index (χ1v) is 8.37. The summed E-state index contributed by atoms with van der Waals surface area (Å²) >= 11 is 0. The Hall–Kier alpha value is -3.23. The van der Waals surface area contributed by atoms with Gasteiger partial charge < -0.3 is 19.7 Å². The summed E-state index contributed by atoms with van der Waals surface area (Å²) in [7, 11) is 1.43. The van der Waals surface area contributed by atoms with Crippen LogP contribution in [0.5, 0.6) is 11.5 Å². The van der Waals surface area contributed by atoms with E-state index in [1.165, 1.54) is 30.1 Å². The van der Waals surface area contributed by atoms with Crippen LogP contribution in [0.3, 0.4) is 0 Å². The number of nitrogens with zero attached hydrogens (tertiary/aromatic N) is 1. The molecule has 0 fully saturated rings. The highest BCUT2D eigenvalue weighted by Crippen LogP contribution is 2.30. The highest BCUT2D eigenvalue weighted by atomic mass is 19.4. The van der Waals surface area contributed by atoms with Crippen molar-refractivity contribution in [1.82, 2.24) is 4.90 Å². The number of para-hydroxylation sites is 3. The number of carbonyl (C=O) groups is 2. The summed E-state index contributed by atoms with van der Waals surface area (Å²) in [6, 6.07) is 12.4. The Morgan fingerprint density at radius 3 is 2.61 bits per heavy atom. The van der Waals surface area contributed by atoms with Crippen LogP contribution in [0.4, 0.5) is 18.9 Å². The molecule has 3 rings (SSSR count). The number of anilines is 1. The first kappa shape index (κ1) is 19.5. The van der Waals surface area contributed by atoms with E-state index >= 15 is 0 Å². The van der Waals surface area contributed by atoms with Crippen molar-refractivity contribution in [3.05, 3.63) is 54.1 Å². The lowest BCUT2D eigenvalue weighted by Crippen LogP contribution is -2.41. The quantitative estimate of drug-likeness (QED) is 0.845. The van der Waals surface area contributed by atoms with Crippen LogP contribution in [0.25, 0.3) is 0 Å². The van der Waals surface area contributed by atoms with Gasteiger partial charge in [-0.25, -0.2) is 0 Å². The molecular weight excluding hydrogens is 377 g/mol. The molecule has 0 spiro atoms. The fraction of sp³-hybridized carbons (Fsp3) is 0.263. The standard InChI is InChI=1S/C19H17F3N2O4/c1-24(11-12-6-2-4-8-14(12)28-19(20,21)22)17(25)10-16-18(26)23-13-7-3-5-9-15(13)27-16/h2-9,16H,10-11H2,1H3,(H,23,26). The second-order valence-corrected chi connectivity index (χ2v) is 6.20. The third-order valence-corrected chi connectivity index (χ3v) is 4.10. The minimum absolute atomic E-state index is 0.115. The van der Waals surface area contributed by atoms with Crippen LogP contribution in [0.1, 0.15) is 12.0 Å². The topological polar surface area (TPSA) is 67.9 Å². The van der Waals surface area contributed by atoms with Crippen molar-refractivity contribution in [2.45, 2.75) is 25.4 Å². The molecule has 1 aliphatic rings. The van der Waals surface area contributed by atoms with Crippen molar-refractivity contribution < 1.29 is 32.2 Å². The number of amides is 2. The summed E-state index contributed by atoms with van der Waals surface area (Å²) in [5.41, 5.74) is 0.706. The van der Waals surface area contributed by atoms with E-state index < -0.39 is 24.3 Å². The Labute approximate surface area is 158 Å². The number of ether oxygens (including phenoxy) is 2. The summed E-state index contributed by atoms with van der Waals surface area (Å²) in [6.45, 7) is -0.115. The molecule has 0 radical (unpaired) electrons.